The highest BCUT2D eigenvalue weighted by molar-refractivity contribution is 5.12. The molecule has 0 heterocycles. The lowest BCUT2D eigenvalue weighted by Crippen LogP contribution is -2.46. The van der Waals surface area contributed by atoms with Gasteiger partial charge in [-0.2, -0.15) is 0 Å². The third-order valence-corrected chi connectivity index (χ3v) is 5.82. The molecule has 2 heteroatoms. The van der Waals surface area contributed by atoms with Gasteiger partial charge in [-0.3, -0.25) is 0 Å². The number of aliphatic hydroxyl groups is 1. The van der Waals surface area contributed by atoms with Crippen LogP contribution in [0.1, 0.15) is 47.0 Å². The standard InChI is InChI=1S/C14H27NO/c1-10(9-16)8-15-12-7-11-5-6-14(12,4)13(11,2)3/h10-12,15-16H,5-9H2,1-4H3. The van der Waals surface area contributed by atoms with E-state index in [1.54, 1.807) is 0 Å². The summed E-state index contributed by atoms with van der Waals surface area (Å²) in [5.74, 6) is 1.28. The SMILES string of the molecule is CC(CO)CNC1CC2CCC1(C)C2(C)C. The molecule has 2 fully saturated rings. The molecule has 94 valence electrons. The summed E-state index contributed by atoms with van der Waals surface area (Å²) in [6.45, 7) is 10.7. The largest absolute Gasteiger partial charge is 0.396 e. The van der Waals surface area contributed by atoms with Crippen molar-refractivity contribution < 1.29 is 5.11 Å². The van der Waals surface area contributed by atoms with Crippen molar-refractivity contribution in [3.8, 4) is 0 Å². The molecule has 16 heavy (non-hydrogen) atoms. The van der Waals surface area contributed by atoms with Gasteiger partial charge in [-0.1, -0.05) is 27.7 Å². The van der Waals surface area contributed by atoms with Gasteiger partial charge in [0, 0.05) is 19.2 Å². The monoisotopic (exact) mass is 225 g/mol. The molecule has 0 spiro atoms. The number of fused-ring (bicyclic) bond motifs is 2. The van der Waals surface area contributed by atoms with Crippen LogP contribution in [-0.2, 0) is 0 Å². The molecule has 0 aromatic heterocycles. The summed E-state index contributed by atoms with van der Waals surface area (Å²) in [5, 5.41) is 12.8. The zero-order valence-corrected chi connectivity index (χ0v) is 11.2. The summed E-state index contributed by atoms with van der Waals surface area (Å²) in [6, 6.07) is 0.662. The zero-order chi connectivity index (χ0) is 12.0. The molecule has 2 aliphatic carbocycles. The van der Waals surface area contributed by atoms with Crippen molar-refractivity contribution in [1.29, 1.82) is 0 Å². The van der Waals surface area contributed by atoms with Gasteiger partial charge in [-0.05, 0) is 41.9 Å². The Balaban J connectivity index is 1.99. The first kappa shape index (κ1) is 12.4. The molecule has 0 radical (unpaired) electrons. The summed E-state index contributed by atoms with van der Waals surface area (Å²) >= 11 is 0. The molecule has 2 nitrogen and oxygen atoms in total. The second-order valence-electron chi connectivity index (χ2n) is 6.86. The maximum absolute atomic E-state index is 9.07. The normalized spacial score (nSPS) is 42.6. The van der Waals surface area contributed by atoms with Crippen LogP contribution >= 0.6 is 0 Å². The van der Waals surface area contributed by atoms with E-state index in [0.29, 0.717) is 29.4 Å². The highest BCUT2D eigenvalue weighted by Crippen LogP contribution is 2.65. The summed E-state index contributed by atoms with van der Waals surface area (Å²) in [5.41, 5.74) is 0.958. The lowest BCUT2D eigenvalue weighted by Gasteiger charge is -2.40. The maximum Gasteiger partial charge on any atom is 0.0468 e. The molecule has 4 unspecified atom stereocenters. The van der Waals surface area contributed by atoms with Crippen LogP contribution in [0.25, 0.3) is 0 Å². The lowest BCUT2D eigenvalue weighted by molar-refractivity contribution is 0.116. The van der Waals surface area contributed by atoms with E-state index < -0.39 is 0 Å². The molecular weight excluding hydrogens is 198 g/mol. The summed E-state index contributed by atoms with van der Waals surface area (Å²) < 4.78 is 0. The van der Waals surface area contributed by atoms with E-state index in [4.69, 9.17) is 5.11 Å². The van der Waals surface area contributed by atoms with Gasteiger partial charge in [0.1, 0.15) is 0 Å². The Bertz CT molecular complexity index is 263. The maximum atomic E-state index is 9.07. The summed E-state index contributed by atoms with van der Waals surface area (Å²) in [7, 11) is 0. The second kappa shape index (κ2) is 3.99. The molecule has 0 aromatic rings. The molecule has 2 bridgehead atoms. The molecule has 4 atom stereocenters. The molecule has 0 aliphatic heterocycles. The minimum absolute atomic E-state index is 0.295. The third-order valence-electron chi connectivity index (χ3n) is 5.82. The van der Waals surface area contributed by atoms with Gasteiger partial charge in [0.15, 0.2) is 0 Å². The van der Waals surface area contributed by atoms with Crippen molar-refractivity contribution in [1.82, 2.24) is 5.32 Å². The number of hydrogen-bond donors (Lipinski definition) is 2. The van der Waals surface area contributed by atoms with Crippen molar-refractivity contribution in [3.63, 3.8) is 0 Å². The summed E-state index contributed by atoms with van der Waals surface area (Å²) in [4.78, 5) is 0. The van der Waals surface area contributed by atoms with Crippen LogP contribution in [-0.4, -0.2) is 24.3 Å². The van der Waals surface area contributed by atoms with Crippen molar-refractivity contribution in [2.24, 2.45) is 22.7 Å². The Morgan fingerprint density at radius 3 is 2.50 bits per heavy atom. The molecule has 2 rings (SSSR count). The van der Waals surface area contributed by atoms with E-state index in [0.717, 1.165) is 12.5 Å². The first-order valence-electron chi connectivity index (χ1n) is 6.76. The predicted octanol–water partition coefficient (Wildman–Crippen LogP) is 2.42. The number of rotatable bonds is 4. The van der Waals surface area contributed by atoms with Gasteiger partial charge in [-0.25, -0.2) is 0 Å². The predicted molar refractivity (Wildman–Crippen MR) is 67.3 cm³/mol. The van der Waals surface area contributed by atoms with E-state index in [1.165, 1.54) is 19.3 Å². The van der Waals surface area contributed by atoms with Gasteiger partial charge in [-0.15, -0.1) is 0 Å². The minimum atomic E-state index is 0.295. The first-order valence-corrected chi connectivity index (χ1v) is 6.76. The molecular formula is C14H27NO. The van der Waals surface area contributed by atoms with E-state index in [9.17, 15) is 0 Å². The lowest BCUT2D eigenvalue weighted by atomic mass is 9.69. The Labute approximate surface area is 99.8 Å². The van der Waals surface area contributed by atoms with Crippen LogP contribution in [0.2, 0.25) is 0 Å². The van der Waals surface area contributed by atoms with E-state index in [1.807, 2.05) is 0 Å². The average Bonchev–Trinajstić information content (AvgIpc) is 2.58. The smallest absolute Gasteiger partial charge is 0.0468 e. The average molecular weight is 225 g/mol. The molecule has 2 N–H and O–H groups in total. The topological polar surface area (TPSA) is 32.3 Å². The molecule has 0 saturated heterocycles. The van der Waals surface area contributed by atoms with Gasteiger partial charge in [0.25, 0.3) is 0 Å². The molecule has 0 aromatic carbocycles. The molecule has 0 amide bonds. The number of aliphatic hydroxyl groups excluding tert-OH is 1. The number of hydrogen-bond acceptors (Lipinski definition) is 2. The fourth-order valence-corrected chi connectivity index (χ4v) is 3.92. The Kier molecular flexibility index (Phi) is 3.09. The van der Waals surface area contributed by atoms with Crippen LogP contribution in [0.4, 0.5) is 0 Å². The minimum Gasteiger partial charge on any atom is -0.396 e. The van der Waals surface area contributed by atoms with E-state index in [2.05, 4.69) is 33.0 Å². The Morgan fingerprint density at radius 2 is 2.06 bits per heavy atom. The van der Waals surface area contributed by atoms with Crippen molar-refractivity contribution in [2.75, 3.05) is 13.2 Å². The Morgan fingerprint density at radius 1 is 1.38 bits per heavy atom. The fraction of sp³-hybridized carbons (Fsp3) is 1.00. The van der Waals surface area contributed by atoms with Crippen LogP contribution in [0, 0.1) is 22.7 Å². The summed E-state index contributed by atoms with van der Waals surface area (Å²) in [6.07, 6.45) is 4.12. The van der Waals surface area contributed by atoms with Crippen molar-refractivity contribution in [2.45, 2.75) is 53.0 Å². The van der Waals surface area contributed by atoms with Gasteiger partial charge < -0.3 is 10.4 Å². The van der Waals surface area contributed by atoms with Crippen molar-refractivity contribution >= 4 is 0 Å². The molecule has 2 aliphatic rings. The molecule has 2 saturated carbocycles. The van der Waals surface area contributed by atoms with Crippen LogP contribution < -0.4 is 5.32 Å². The third kappa shape index (κ3) is 1.62. The van der Waals surface area contributed by atoms with Crippen LogP contribution in [0.5, 0.6) is 0 Å². The zero-order valence-electron chi connectivity index (χ0n) is 11.2. The quantitative estimate of drug-likeness (QED) is 0.770. The van der Waals surface area contributed by atoms with Gasteiger partial charge in [0.05, 0.1) is 0 Å². The highest BCUT2D eigenvalue weighted by atomic mass is 16.3. The van der Waals surface area contributed by atoms with E-state index >= 15 is 0 Å². The van der Waals surface area contributed by atoms with E-state index in [-0.39, 0.29) is 0 Å². The Hall–Kier alpha value is -0.0800. The number of nitrogens with one attached hydrogen (secondary N) is 1. The van der Waals surface area contributed by atoms with Gasteiger partial charge in [0.2, 0.25) is 0 Å². The first-order chi connectivity index (χ1) is 7.41. The fourth-order valence-electron chi connectivity index (χ4n) is 3.92. The highest BCUT2D eigenvalue weighted by Gasteiger charge is 2.60. The second-order valence-corrected chi connectivity index (χ2v) is 6.86. The van der Waals surface area contributed by atoms with Gasteiger partial charge >= 0.3 is 0 Å². The van der Waals surface area contributed by atoms with Crippen molar-refractivity contribution in [3.05, 3.63) is 0 Å². The van der Waals surface area contributed by atoms with Crippen LogP contribution in [0.15, 0.2) is 0 Å². The van der Waals surface area contributed by atoms with Crippen LogP contribution in [0.3, 0.4) is 0 Å².